The van der Waals surface area contributed by atoms with E-state index in [2.05, 4.69) is 15.3 Å². The Kier molecular flexibility index (Phi) is 6.58. The molecule has 0 aliphatic carbocycles. The van der Waals surface area contributed by atoms with Gasteiger partial charge in [-0.25, -0.2) is 0 Å². The molecule has 0 unspecified atom stereocenters. The Hall–Kier alpha value is -3.10. The van der Waals surface area contributed by atoms with Crippen LogP contribution in [0.15, 0.2) is 36.5 Å². The Morgan fingerprint density at radius 1 is 1.18 bits per heavy atom. The van der Waals surface area contributed by atoms with Gasteiger partial charge in [-0.3, -0.25) is 14.6 Å². The van der Waals surface area contributed by atoms with Crippen molar-refractivity contribution in [2.24, 2.45) is 0 Å². The molecule has 3 aromatic rings. The Labute approximate surface area is 190 Å². The number of aromatic nitrogens is 4. The Bertz CT molecular complexity index is 1100. The first-order valence-electron chi connectivity index (χ1n) is 11.3. The molecule has 3 heterocycles. The summed E-state index contributed by atoms with van der Waals surface area (Å²) in [4.78, 5) is 15.0. The molecule has 0 radical (unpaired) electrons. The van der Waals surface area contributed by atoms with E-state index in [1.807, 2.05) is 29.5 Å². The van der Waals surface area contributed by atoms with Gasteiger partial charge in [0, 0.05) is 30.8 Å². The maximum atomic E-state index is 13.1. The predicted molar refractivity (Wildman–Crippen MR) is 118 cm³/mol. The van der Waals surface area contributed by atoms with Gasteiger partial charge in [0.1, 0.15) is 0 Å². The molecule has 9 heteroatoms. The van der Waals surface area contributed by atoms with Crippen LogP contribution in [0.3, 0.4) is 0 Å². The summed E-state index contributed by atoms with van der Waals surface area (Å²) in [5, 5.41) is 11.6. The summed E-state index contributed by atoms with van der Waals surface area (Å²) in [5.41, 5.74) is 3.51. The minimum atomic E-state index is -4.38. The van der Waals surface area contributed by atoms with Crippen molar-refractivity contribution in [1.29, 1.82) is 0 Å². The van der Waals surface area contributed by atoms with E-state index in [1.165, 1.54) is 12.1 Å². The van der Waals surface area contributed by atoms with E-state index in [1.54, 1.807) is 6.20 Å². The van der Waals surface area contributed by atoms with Crippen molar-refractivity contribution in [3.63, 3.8) is 0 Å². The topological polar surface area (TPSA) is 66.8 Å². The first-order chi connectivity index (χ1) is 15.7. The van der Waals surface area contributed by atoms with Gasteiger partial charge in [-0.1, -0.05) is 12.1 Å². The Morgan fingerprint density at radius 3 is 2.61 bits per heavy atom. The number of benzene rings is 1. The monoisotopic (exact) mass is 459 g/mol. The first kappa shape index (κ1) is 23.1. The summed E-state index contributed by atoms with van der Waals surface area (Å²) < 4.78 is 40.7. The molecule has 33 heavy (non-hydrogen) atoms. The number of nitrogens with zero attached hydrogens (tertiary/aromatic N) is 4. The van der Waals surface area contributed by atoms with Gasteiger partial charge in [0.15, 0.2) is 0 Å². The van der Waals surface area contributed by atoms with Crippen LogP contribution in [0.25, 0.3) is 11.1 Å². The zero-order valence-corrected chi connectivity index (χ0v) is 18.8. The zero-order valence-electron chi connectivity index (χ0n) is 18.8. The Balaban J connectivity index is 1.48. The van der Waals surface area contributed by atoms with Gasteiger partial charge in [0.05, 0.1) is 29.2 Å². The number of alkyl halides is 3. The highest BCUT2D eigenvalue weighted by molar-refractivity contribution is 5.77. The van der Waals surface area contributed by atoms with Crippen molar-refractivity contribution in [3.05, 3.63) is 59.2 Å². The number of rotatable bonds is 6. The maximum Gasteiger partial charge on any atom is 0.416 e. The summed E-state index contributed by atoms with van der Waals surface area (Å²) in [7, 11) is 0. The van der Waals surface area contributed by atoms with Crippen molar-refractivity contribution in [2.45, 2.75) is 64.7 Å². The summed E-state index contributed by atoms with van der Waals surface area (Å²) in [5.74, 6) is 0.0780. The average molecular weight is 460 g/mol. The molecule has 1 N–H and O–H groups in total. The molecule has 1 aromatic carbocycles. The number of aryl methyl sites for hydroxylation is 3. The molecule has 1 fully saturated rings. The second-order valence-electron chi connectivity index (χ2n) is 8.62. The standard InChI is InChI=1S/C24H28F3N5O/c1-16-14-17(2)32(30-16)13-5-7-22(33)31-12-4-3-6-21(31)23-20(15-28-29-23)18-8-10-19(11-9-18)24(25,26)27/h8-11,14-15,21H,3-7,12-13H2,1-2H3,(H,28,29)/t21-/m0/s1. The third-order valence-corrected chi connectivity index (χ3v) is 6.21. The third-order valence-electron chi connectivity index (χ3n) is 6.21. The van der Waals surface area contributed by atoms with Crippen molar-refractivity contribution in [2.75, 3.05) is 6.54 Å². The van der Waals surface area contributed by atoms with Gasteiger partial charge >= 0.3 is 6.18 Å². The lowest BCUT2D eigenvalue weighted by atomic mass is 9.94. The van der Waals surface area contributed by atoms with Crippen LogP contribution in [-0.2, 0) is 17.5 Å². The van der Waals surface area contributed by atoms with Crippen molar-refractivity contribution >= 4 is 5.91 Å². The van der Waals surface area contributed by atoms with E-state index in [0.29, 0.717) is 31.5 Å². The van der Waals surface area contributed by atoms with E-state index in [0.717, 1.165) is 54.0 Å². The van der Waals surface area contributed by atoms with Gasteiger partial charge < -0.3 is 4.90 Å². The highest BCUT2D eigenvalue weighted by Gasteiger charge is 2.32. The number of hydrogen-bond acceptors (Lipinski definition) is 3. The first-order valence-corrected chi connectivity index (χ1v) is 11.3. The highest BCUT2D eigenvalue weighted by Crippen LogP contribution is 2.37. The van der Waals surface area contributed by atoms with Crippen molar-refractivity contribution < 1.29 is 18.0 Å². The summed E-state index contributed by atoms with van der Waals surface area (Å²) in [6.45, 7) is 5.30. The molecule has 0 spiro atoms. The minimum absolute atomic E-state index is 0.0780. The predicted octanol–water partition coefficient (Wildman–Crippen LogP) is 5.44. The van der Waals surface area contributed by atoms with Crippen molar-refractivity contribution in [3.8, 4) is 11.1 Å². The van der Waals surface area contributed by atoms with Gasteiger partial charge in [0.2, 0.25) is 5.91 Å². The highest BCUT2D eigenvalue weighted by atomic mass is 19.4. The second-order valence-corrected chi connectivity index (χ2v) is 8.62. The van der Waals surface area contributed by atoms with E-state index in [-0.39, 0.29) is 11.9 Å². The number of aromatic amines is 1. The molecule has 1 saturated heterocycles. The summed E-state index contributed by atoms with van der Waals surface area (Å²) in [6, 6.07) is 6.92. The molecule has 0 bridgehead atoms. The molecule has 1 aliphatic rings. The minimum Gasteiger partial charge on any atom is -0.334 e. The molecule has 4 rings (SSSR count). The summed E-state index contributed by atoms with van der Waals surface area (Å²) in [6.07, 6.45) is 1.06. The van der Waals surface area contributed by atoms with Crippen LogP contribution in [0.1, 0.15) is 60.8 Å². The second kappa shape index (κ2) is 9.41. The molecular formula is C24H28F3N5O. The smallest absolute Gasteiger partial charge is 0.334 e. The number of carbonyl (C=O) groups is 1. The number of nitrogens with one attached hydrogen (secondary N) is 1. The zero-order chi connectivity index (χ0) is 23.6. The van der Waals surface area contributed by atoms with Crippen LogP contribution in [0.4, 0.5) is 13.2 Å². The number of piperidine rings is 1. The molecule has 6 nitrogen and oxygen atoms in total. The lowest BCUT2D eigenvalue weighted by Crippen LogP contribution is -2.38. The Morgan fingerprint density at radius 2 is 1.94 bits per heavy atom. The van der Waals surface area contributed by atoms with Crippen LogP contribution in [0, 0.1) is 13.8 Å². The van der Waals surface area contributed by atoms with Crippen LogP contribution < -0.4 is 0 Å². The maximum absolute atomic E-state index is 13.1. The number of H-pyrrole nitrogens is 1. The fourth-order valence-corrected chi connectivity index (χ4v) is 4.57. The largest absolute Gasteiger partial charge is 0.416 e. The van der Waals surface area contributed by atoms with Gasteiger partial charge in [-0.2, -0.15) is 23.4 Å². The lowest BCUT2D eigenvalue weighted by molar-refractivity contribution is -0.137. The van der Waals surface area contributed by atoms with E-state index < -0.39 is 11.7 Å². The fourth-order valence-electron chi connectivity index (χ4n) is 4.57. The lowest BCUT2D eigenvalue weighted by Gasteiger charge is -2.36. The normalized spacial score (nSPS) is 16.9. The molecule has 2 aromatic heterocycles. The molecule has 1 amide bonds. The van der Waals surface area contributed by atoms with Gasteiger partial charge in [-0.05, 0) is 63.3 Å². The van der Waals surface area contributed by atoms with E-state index in [9.17, 15) is 18.0 Å². The number of amides is 1. The molecule has 1 aliphatic heterocycles. The summed E-state index contributed by atoms with van der Waals surface area (Å²) >= 11 is 0. The van der Waals surface area contributed by atoms with Crippen LogP contribution in [0.5, 0.6) is 0 Å². The fraction of sp³-hybridized carbons (Fsp3) is 0.458. The molecular weight excluding hydrogens is 431 g/mol. The van der Waals surface area contributed by atoms with Crippen LogP contribution in [0.2, 0.25) is 0 Å². The number of carbonyl (C=O) groups excluding carboxylic acids is 1. The van der Waals surface area contributed by atoms with E-state index >= 15 is 0 Å². The molecule has 0 saturated carbocycles. The third kappa shape index (κ3) is 5.12. The average Bonchev–Trinajstić information content (AvgIpc) is 3.39. The number of halogens is 3. The molecule has 176 valence electrons. The van der Waals surface area contributed by atoms with Crippen molar-refractivity contribution in [1.82, 2.24) is 24.9 Å². The molecule has 1 atom stereocenters. The van der Waals surface area contributed by atoms with Crippen LogP contribution in [-0.4, -0.2) is 37.3 Å². The van der Waals surface area contributed by atoms with Gasteiger partial charge in [0.25, 0.3) is 0 Å². The quantitative estimate of drug-likeness (QED) is 0.534. The van der Waals surface area contributed by atoms with Crippen LogP contribution >= 0.6 is 0 Å². The SMILES string of the molecule is Cc1cc(C)n(CCCC(=O)N2CCCC[C@H]2c2[nH]ncc2-c2ccc(C(F)(F)F)cc2)n1. The number of hydrogen-bond donors (Lipinski definition) is 1. The number of likely N-dealkylation sites (tertiary alicyclic amines) is 1. The van der Waals surface area contributed by atoms with E-state index in [4.69, 9.17) is 0 Å². The van der Waals surface area contributed by atoms with Gasteiger partial charge in [-0.15, -0.1) is 0 Å².